The molecule has 0 bridgehead atoms. The largest absolute Gasteiger partial charge is 0.393 e. The van der Waals surface area contributed by atoms with Crippen molar-refractivity contribution in [1.29, 1.82) is 0 Å². The molecule has 0 amide bonds. The van der Waals surface area contributed by atoms with Gasteiger partial charge in [0.2, 0.25) is 0 Å². The number of hydrogen-bond donors (Lipinski definition) is 3. The van der Waals surface area contributed by atoms with Crippen LogP contribution in [0.1, 0.15) is 26.7 Å². The van der Waals surface area contributed by atoms with Crippen molar-refractivity contribution in [2.75, 3.05) is 6.54 Å². The SMILES string of the molecule is CC(C)NS(=O)(=O)NCC1CC(O)C1. The molecule has 0 aliphatic heterocycles. The molecular weight excluding hydrogens is 204 g/mol. The van der Waals surface area contributed by atoms with Gasteiger partial charge >= 0.3 is 0 Å². The van der Waals surface area contributed by atoms with Gasteiger partial charge in [0, 0.05) is 12.6 Å². The molecule has 0 saturated heterocycles. The maximum atomic E-state index is 11.3. The van der Waals surface area contributed by atoms with Crippen molar-refractivity contribution >= 4 is 10.2 Å². The van der Waals surface area contributed by atoms with Gasteiger partial charge < -0.3 is 5.11 Å². The maximum absolute atomic E-state index is 11.3. The quantitative estimate of drug-likeness (QED) is 0.591. The standard InChI is InChI=1S/C8H18N2O3S/c1-6(2)10-14(12,13)9-5-7-3-8(11)4-7/h6-11H,3-5H2,1-2H3. The van der Waals surface area contributed by atoms with Crippen LogP contribution >= 0.6 is 0 Å². The number of aliphatic hydroxyl groups excluding tert-OH is 1. The molecule has 0 aromatic carbocycles. The second-order valence-corrected chi connectivity index (χ2v) is 5.65. The summed E-state index contributed by atoms with van der Waals surface area (Å²) in [5.41, 5.74) is 0. The summed E-state index contributed by atoms with van der Waals surface area (Å²) in [6.07, 6.45) is 1.16. The van der Waals surface area contributed by atoms with E-state index in [1.54, 1.807) is 13.8 Å². The fourth-order valence-electron chi connectivity index (χ4n) is 1.45. The summed E-state index contributed by atoms with van der Waals surface area (Å²) in [6.45, 7) is 3.96. The van der Waals surface area contributed by atoms with Gasteiger partial charge in [0.05, 0.1) is 6.10 Å². The zero-order chi connectivity index (χ0) is 10.8. The number of rotatable bonds is 5. The van der Waals surface area contributed by atoms with E-state index in [1.165, 1.54) is 0 Å². The molecule has 1 rings (SSSR count). The Labute approximate surface area is 85.1 Å². The Kier molecular flexibility index (Phi) is 3.88. The number of hydrogen-bond acceptors (Lipinski definition) is 3. The van der Waals surface area contributed by atoms with Crippen LogP contribution in [0.2, 0.25) is 0 Å². The third-order valence-electron chi connectivity index (χ3n) is 2.16. The topological polar surface area (TPSA) is 78.4 Å². The fourth-order valence-corrected chi connectivity index (χ4v) is 2.61. The summed E-state index contributed by atoms with van der Waals surface area (Å²) in [6, 6.07) is -0.0977. The normalized spacial score (nSPS) is 27.7. The minimum Gasteiger partial charge on any atom is -0.393 e. The van der Waals surface area contributed by atoms with Gasteiger partial charge in [-0.2, -0.15) is 13.1 Å². The molecule has 1 aliphatic rings. The Balaban J connectivity index is 2.23. The minimum absolute atomic E-state index is 0.0977. The molecule has 0 unspecified atom stereocenters. The maximum Gasteiger partial charge on any atom is 0.277 e. The second-order valence-electron chi connectivity index (χ2n) is 4.12. The summed E-state index contributed by atoms with van der Waals surface area (Å²) >= 11 is 0. The highest BCUT2D eigenvalue weighted by Gasteiger charge is 2.28. The van der Waals surface area contributed by atoms with Crippen molar-refractivity contribution in [1.82, 2.24) is 9.44 Å². The van der Waals surface area contributed by atoms with Crippen LogP contribution in [-0.4, -0.2) is 32.2 Å². The van der Waals surface area contributed by atoms with Crippen LogP contribution < -0.4 is 9.44 Å². The molecule has 84 valence electrons. The zero-order valence-electron chi connectivity index (χ0n) is 8.53. The molecule has 3 N–H and O–H groups in total. The molecule has 6 heteroatoms. The molecule has 5 nitrogen and oxygen atoms in total. The first kappa shape index (κ1) is 11.9. The highest BCUT2D eigenvalue weighted by atomic mass is 32.2. The third-order valence-corrected chi connectivity index (χ3v) is 3.49. The van der Waals surface area contributed by atoms with E-state index in [1.807, 2.05) is 0 Å². The van der Waals surface area contributed by atoms with E-state index in [-0.39, 0.29) is 18.1 Å². The van der Waals surface area contributed by atoms with Crippen LogP contribution in [-0.2, 0) is 10.2 Å². The predicted molar refractivity (Wildman–Crippen MR) is 53.9 cm³/mol. The van der Waals surface area contributed by atoms with Gasteiger partial charge in [-0.25, -0.2) is 4.72 Å². The van der Waals surface area contributed by atoms with Gasteiger partial charge in [-0.15, -0.1) is 0 Å². The minimum atomic E-state index is -3.35. The molecular formula is C8H18N2O3S. The molecule has 0 heterocycles. The van der Waals surface area contributed by atoms with Crippen LogP contribution in [0.4, 0.5) is 0 Å². The molecule has 1 aliphatic carbocycles. The lowest BCUT2D eigenvalue weighted by atomic mass is 9.83. The van der Waals surface area contributed by atoms with Crippen LogP contribution in [0.15, 0.2) is 0 Å². The Bertz CT molecular complexity index is 270. The number of aliphatic hydroxyl groups is 1. The molecule has 1 fully saturated rings. The van der Waals surface area contributed by atoms with E-state index < -0.39 is 10.2 Å². The Morgan fingerprint density at radius 2 is 2.00 bits per heavy atom. The highest BCUT2D eigenvalue weighted by molar-refractivity contribution is 7.87. The molecule has 0 aromatic rings. The molecule has 0 aromatic heterocycles. The third kappa shape index (κ3) is 3.91. The van der Waals surface area contributed by atoms with E-state index in [4.69, 9.17) is 5.11 Å². The van der Waals surface area contributed by atoms with Gasteiger partial charge in [-0.05, 0) is 32.6 Å². The smallest absolute Gasteiger partial charge is 0.277 e. The molecule has 0 atom stereocenters. The fraction of sp³-hybridized carbons (Fsp3) is 1.00. The van der Waals surface area contributed by atoms with Crippen LogP contribution in [0.3, 0.4) is 0 Å². The average molecular weight is 222 g/mol. The highest BCUT2D eigenvalue weighted by Crippen LogP contribution is 2.26. The van der Waals surface area contributed by atoms with Crippen molar-refractivity contribution in [3.63, 3.8) is 0 Å². The summed E-state index contributed by atoms with van der Waals surface area (Å²) in [5.74, 6) is 0.286. The number of nitrogens with one attached hydrogen (secondary N) is 2. The van der Waals surface area contributed by atoms with Crippen LogP contribution in [0, 0.1) is 5.92 Å². The average Bonchev–Trinajstić information content (AvgIpc) is 1.93. The first-order valence-corrected chi connectivity index (χ1v) is 6.32. The molecule has 1 saturated carbocycles. The van der Waals surface area contributed by atoms with Gasteiger partial charge in [-0.1, -0.05) is 0 Å². The lowest BCUT2D eigenvalue weighted by Gasteiger charge is -2.31. The van der Waals surface area contributed by atoms with E-state index in [0.717, 1.165) is 0 Å². The summed E-state index contributed by atoms with van der Waals surface area (Å²) < 4.78 is 27.5. The van der Waals surface area contributed by atoms with Crippen molar-refractivity contribution in [3.05, 3.63) is 0 Å². The van der Waals surface area contributed by atoms with Gasteiger partial charge in [0.1, 0.15) is 0 Å². The van der Waals surface area contributed by atoms with E-state index >= 15 is 0 Å². The Morgan fingerprint density at radius 3 is 2.43 bits per heavy atom. The Hall–Kier alpha value is -0.170. The molecule has 0 radical (unpaired) electrons. The summed E-state index contributed by atoms with van der Waals surface area (Å²) in [7, 11) is -3.35. The Morgan fingerprint density at radius 1 is 1.43 bits per heavy atom. The zero-order valence-corrected chi connectivity index (χ0v) is 9.34. The van der Waals surface area contributed by atoms with Gasteiger partial charge in [0.25, 0.3) is 10.2 Å². The van der Waals surface area contributed by atoms with Crippen molar-refractivity contribution in [3.8, 4) is 0 Å². The first-order chi connectivity index (χ1) is 6.39. The lowest BCUT2D eigenvalue weighted by Crippen LogP contribution is -2.44. The molecule has 0 spiro atoms. The van der Waals surface area contributed by atoms with E-state index in [9.17, 15) is 8.42 Å². The van der Waals surface area contributed by atoms with Gasteiger partial charge in [-0.3, -0.25) is 0 Å². The van der Waals surface area contributed by atoms with Crippen molar-refractivity contribution in [2.45, 2.75) is 38.8 Å². The molecule has 14 heavy (non-hydrogen) atoms. The van der Waals surface area contributed by atoms with Crippen molar-refractivity contribution in [2.24, 2.45) is 5.92 Å². The van der Waals surface area contributed by atoms with Gasteiger partial charge in [0.15, 0.2) is 0 Å². The van der Waals surface area contributed by atoms with Crippen LogP contribution in [0.5, 0.6) is 0 Å². The van der Waals surface area contributed by atoms with E-state index in [2.05, 4.69) is 9.44 Å². The monoisotopic (exact) mass is 222 g/mol. The van der Waals surface area contributed by atoms with E-state index in [0.29, 0.717) is 19.4 Å². The first-order valence-electron chi connectivity index (χ1n) is 4.84. The predicted octanol–water partition coefficient (Wildman–Crippen LogP) is -0.410. The lowest BCUT2D eigenvalue weighted by molar-refractivity contribution is 0.0453. The second kappa shape index (κ2) is 4.57. The summed E-state index contributed by atoms with van der Waals surface area (Å²) in [4.78, 5) is 0. The summed E-state index contributed by atoms with van der Waals surface area (Å²) in [5, 5.41) is 9.00. The van der Waals surface area contributed by atoms with Crippen LogP contribution in [0.25, 0.3) is 0 Å². The van der Waals surface area contributed by atoms with Crippen molar-refractivity contribution < 1.29 is 13.5 Å².